The minimum atomic E-state index is 0.446. The van der Waals surface area contributed by atoms with Crippen molar-refractivity contribution >= 4 is 21.6 Å². The highest BCUT2D eigenvalue weighted by Crippen LogP contribution is 2.29. The molecule has 3 heteroatoms. The number of nitrogens with two attached hydrogens (primary N) is 1. The van der Waals surface area contributed by atoms with Gasteiger partial charge in [0.15, 0.2) is 0 Å². The van der Waals surface area contributed by atoms with Crippen LogP contribution in [-0.4, -0.2) is 11.0 Å². The Balaban J connectivity index is 1.72. The van der Waals surface area contributed by atoms with Gasteiger partial charge in [0.25, 0.3) is 0 Å². The highest BCUT2D eigenvalue weighted by Gasteiger charge is 2.19. The van der Waals surface area contributed by atoms with E-state index in [1.807, 2.05) is 11.3 Å². The van der Waals surface area contributed by atoms with Gasteiger partial charge in [-0.2, -0.15) is 0 Å². The van der Waals surface area contributed by atoms with Crippen LogP contribution in [0.2, 0.25) is 0 Å². The first-order valence-electron chi connectivity index (χ1n) is 6.41. The average molecular weight is 246 g/mol. The van der Waals surface area contributed by atoms with Gasteiger partial charge in [-0.1, -0.05) is 12.1 Å². The summed E-state index contributed by atoms with van der Waals surface area (Å²) >= 11 is 1.85. The van der Waals surface area contributed by atoms with Crippen molar-refractivity contribution in [1.29, 1.82) is 0 Å². The van der Waals surface area contributed by atoms with E-state index in [9.17, 15) is 0 Å². The molecule has 1 fully saturated rings. The van der Waals surface area contributed by atoms with Gasteiger partial charge in [0, 0.05) is 12.5 Å². The van der Waals surface area contributed by atoms with Gasteiger partial charge in [0.1, 0.15) is 0 Å². The van der Waals surface area contributed by atoms with Crippen LogP contribution < -0.4 is 5.73 Å². The molecule has 90 valence electrons. The summed E-state index contributed by atoms with van der Waals surface area (Å²) < 4.78 is 1.31. The third kappa shape index (κ3) is 2.50. The number of benzene rings is 1. The zero-order valence-electron chi connectivity index (χ0n) is 9.93. The first-order valence-corrected chi connectivity index (χ1v) is 7.23. The molecule has 1 heterocycles. The predicted molar refractivity (Wildman–Crippen MR) is 73.3 cm³/mol. The monoisotopic (exact) mass is 246 g/mol. The highest BCUT2D eigenvalue weighted by atomic mass is 32.1. The molecule has 1 saturated carbocycles. The Kier molecular flexibility index (Phi) is 3.12. The molecule has 2 nitrogen and oxygen atoms in total. The molecule has 2 N–H and O–H groups in total. The Hall–Kier alpha value is -0.930. The van der Waals surface area contributed by atoms with Crippen LogP contribution in [0.4, 0.5) is 0 Å². The molecule has 2 aromatic rings. The maximum absolute atomic E-state index is 5.94. The summed E-state index contributed by atoms with van der Waals surface area (Å²) in [6.07, 6.45) is 6.07. The third-order valence-corrected chi connectivity index (χ3v) is 4.75. The minimum Gasteiger partial charge on any atom is -0.328 e. The second-order valence-electron chi connectivity index (χ2n) is 5.06. The van der Waals surface area contributed by atoms with Crippen LogP contribution in [0.5, 0.6) is 0 Å². The Labute approximate surface area is 106 Å². The Morgan fingerprint density at radius 3 is 2.71 bits per heavy atom. The number of rotatable bonds is 2. The molecule has 1 aromatic carbocycles. The molecule has 0 spiro atoms. The number of aromatic nitrogens is 1. The minimum absolute atomic E-state index is 0.446. The fourth-order valence-electron chi connectivity index (χ4n) is 2.65. The highest BCUT2D eigenvalue weighted by molar-refractivity contribution is 7.18. The van der Waals surface area contributed by atoms with E-state index in [2.05, 4.69) is 24.3 Å². The van der Waals surface area contributed by atoms with E-state index < -0.39 is 0 Å². The van der Waals surface area contributed by atoms with Crippen LogP contribution in [0.1, 0.15) is 30.7 Å². The second kappa shape index (κ2) is 4.75. The summed E-state index contributed by atoms with van der Waals surface area (Å²) in [6, 6.07) is 8.86. The first-order chi connectivity index (χ1) is 8.31. The molecule has 1 aromatic heterocycles. The van der Waals surface area contributed by atoms with Crippen LogP contribution in [0.3, 0.4) is 0 Å². The van der Waals surface area contributed by atoms with E-state index in [0.29, 0.717) is 6.04 Å². The van der Waals surface area contributed by atoms with Crippen molar-refractivity contribution in [2.24, 2.45) is 11.7 Å². The molecule has 3 rings (SSSR count). The number of para-hydroxylation sites is 1. The van der Waals surface area contributed by atoms with Crippen molar-refractivity contribution in [2.45, 2.75) is 38.1 Å². The molecule has 0 saturated heterocycles. The van der Waals surface area contributed by atoms with Crippen LogP contribution in [-0.2, 0) is 6.42 Å². The van der Waals surface area contributed by atoms with E-state index in [1.54, 1.807) is 0 Å². The van der Waals surface area contributed by atoms with Gasteiger partial charge in [-0.05, 0) is 43.7 Å². The number of fused-ring (bicyclic) bond motifs is 1. The van der Waals surface area contributed by atoms with E-state index in [-0.39, 0.29) is 0 Å². The fourth-order valence-corrected chi connectivity index (χ4v) is 3.73. The zero-order valence-corrected chi connectivity index (χ0v) is 10.7. The van der Waals surface area contributed by atoms with Crippen molar-refractivity contribution in [2.75, 3.05) is 0 Å². The van der Waals surface area contributed by atoms with Crippen molar-refractivity contribution < 1.29 is 0 Å². The van der Waals surface area contributed by atoms with Crippen LogP contribution in [0, 0.1) is 5.92 Å². The number of nitrogens with zero attached hydrogens (tertiary/aromatic N) is 1. The van der Waals surface area contributed by atoms with Gasteiger partial charge in [0.2, 0.25) is 0 Å². The number of hydrogen-bond donors (Lipinski definition) is 1. The number of hydrogen-bond acceptors (Lipinski definition) is 3. The molecule has 0 radical (unpaired) electrons. The van der Waals surface area contributed by atoms with Crippen LogP contribution in [0.25, 0.3) is 10.2 Å². The van der Waals surface area contributed by atoms with Gasteiger partial charge in [-0.15, -0.1) is 11.3 Å². The smallest absolute Gasteiger partial charge is 0.0941 e. The van der Waals surface area contributed by atoms with Gasteiger partial charge in [0.05, 0.1) is 15.2 Å². The summed E-state index contributed by atoms with van der Waals surface area (Å²) in [5.74, 6) is 0.801. The lowest BCUT2D eigenvalue weighted by Crippen LogP contribution is -2.27. The lowest BCUT2D eigenvalue weighted by molar-refractivity contribution is 0.325. The van der Waals surface area contributed by atoms with Gasteiger partial charge in [-0.25, -0.2) is 4.98 Å². The average Bonchev–Trinajstić information content (AvgIpc) is 2.74. The summed E-state index contributed by atoms with van der Waals surface area (Å²) in [4.78, 5) is 4.71. The third-order valence-electron chi connectivity index (χ3n) is 3.69. The summed E-state index contributed by atoms with van der Waals surface area (Å²) in [5, 5.41) is 1.30. The zero-order chi connectivity index (χ0) is 11.7. The van der Waals surface area contributed by atoms with Crippen LogP contribution >= 0.6 is 11.3 Å². The van der Waals surface area contributed by atoms with E-state index >= 15 is 0 Å². The Morgan fingerprint density at radius 1 is 1.18 bits per heavy atom. The van der Waals surface area contributed by atoms with Gasteiger partial charge >= 0.3 is 0 Å². The standard InChI is InChI=1S/C14H18N2S/c15-11-7-5-10(6-8-11)9-14-16-12-3-1-2-4-13(12)17-14/h1-4,10-11H,5-9,15H2. The molecule has 0 unspecified atom stereocenters. The summed E-state index contributed by atoms with van der Waals surface area (Å²) in [5.41, 5.74) is 7.09. The first kappa shape index (κ1) is 11.2. The molecular formula is C14H18N2S. The summed E-state index contributed by atoms with van der Waals surface area (Å²) in [6.45, 7) is 0. The van der Waals surface area contributed by atoms with Crippen LogP contribution in [0.15, 0.2) is 24.3 Å². The molecule has 0 atom stereocenters. The number of thiazole rings is 1. The maximum Gasteiger partial charge on any atom is 0.0941 e. The van der Waals surface area contributed by atoms with E-state index in [0.717, 1.165) is 17.9 Å². The Morgan fingerprint density at radius 2 is 1.94 bits per heavy atom. The van der Waals surface area contributed by atoms with E-state index in [1.165, 1.54) is 35.4 Å². The molecule has 17 heavy (non-hydrogen) atoms. The van der Waals surface area contributed by atoms with Crippen molar-refractivity contribution in [3.8, 4) is 0 Å². The lowest BCUT2D eigenvalue weighted by Gasteiger charge is -2.25. The molecular weight excluding hydrogens is 228 g/mol. The normalized spacial score (nSPS) is 25.2. The van der Waals surface area contributed by atoms with Crippen molar-refractivity contribution in [1.82, 2.24) is 4.98 Å². The van der Waals surface area contributed by atoms with Gasteiger partial charge in [-0.3, -0.25) is 0 Å². The SMILES string of the molecule is NC1CCC(Cc2nc3ccccc3s2)CC1. The topological polar surface area (TPSA) is 38.9 Å². The second-order valence-corrected chi connectivity index (χ2v) is 6.18. The van der Waals surface area contributed by atoms with Crippen molar-refractivity contribution in [3.05, 3.63) is 29.3 Å². The fraction of sp³-hybridized carbons (Fsp3) is 0.500. The van der Waals surface area contributed by atoms with E-state index in [4.69, 9.17) is 10.7 Å². The Bertz CT molecular complexity index is 465. The largest absolute Gasteiger partial charge is 0.328 e. The lowest BCUT2D eigenvalue weighted by atomic mass is 9.85. The summed E-state index contributed by atoms with van der Waals surface area (Å²) in [7, 11) is 0. The quantitative estimate of drug-likeness (QED) is 0.882. The predicted octanol–water partition coefficient (Wildman–Crippen LogP) is 3.36. The molecule has 1 aliphatic carbocycles. The van der Waals surface area contributed by atoms with Crippen molar-refractivity contribution in [3.63, 3.8) is 0 Å². The molecule has 0 amide bonds. The molecule has 0 bridgehead atoms. The molecule has 1 aliphatic rings. The molecule has 0 aliphatic heterocycles. The van der Waals surface area contributed by atoms with Gasteiger partial charge < -0.3 is 5.73 Å². The maximum atomic E-state index is 5.94.